The van der Waals surface area contributed by atoms with E-state index in [-0.39, 0.29) is 5.41 Å². The van der Waals surface area contributed by atoms with Gasteiger partial charge in [0.15, 0.2) is 0 Å². The van der Waals surface area contributed by atoms with Crippen molar-refractivity contribution in [2.45, 2.75) is 47.0 Å². The molecule has 1 aliphatic carbocycles. The van der Waals surface area contributed by atoms with E-state index in [1.165, 1.54) is 33.0 Å². The Labute approximate surface area is 153 Å². The van der Waals surface area contributed by atoms with Crippen molar-refractivity contribution < 1.29 is 0 Å². The van der Waals surface area contributed by atoms with Crippen LogP contribution in [0, 0.1) is 0 Å². The molecule has 1 unspecified atom stereocenters. The summed E-state index contributed by atoms with van der Waals surface area (Å²) in [6.07, 6.45) is 4.49. The van der Waals surface area contributed by atoms with Crippen LogP contribution in [0.25, 0.3) is 21.9 Å². The summed E-state index contributed by atoms with van der Waals surface area (Å²) in [7, 11) is 0. The van der Waals surface area contributed by atoms with Crippen molar-refractivity contribution in [1.82, 2.24) is 0 Å². The van der Waals surface area contributed by atoms with Gasteiger partial charge in [0.05, 0.1) is 0 Å². The highest BCUT2D eigenvalue weighted by molar-refractivity contribution is 5.93. The van der Waals surface area contributed by atoms with Crippen molar-refractivity contribution in [3.63, 3.8) is 0 Å². The number of hydrogen-bond donors (Lipinski definition) is 0. The fraction of sp³-hybridized carbons (Fsp3) is 0.280. The highest BCUT2D eigenvalue weighted by Gasteiger charge is 2.36. The van der Waals surface area contributed by atoms with E-state index in [0.717, 1.165) is 0 Å². The van der Waals surface area contributed by atoms with Crippen LogP contribution >= 0.6 is 0 Å². The second kappa shape index (κ2) is 8.16. The molecule has 0 spiro atoms. The molecule has 3 aromatic rings. The Morgan fingerprint density at radius 2 is 1.24 bits per heavy atom. The second-order valence-electron chi connectivity index (χ2n) is 5.99. The summed E-state index contributed by atoms with van der Waals surface area (Å²) in [5.74, 6) is 0. The van der Waals surface area contributed by atoms with Crippen LogP contribution < -0.4 is 0 Å². The van der Waals surface area contributed by atoms with Crippen LogP contribution in [0.3, 0.4) is 0 Å². The Morgan fingerprint density at radius 1 is 0.680 bits per heavy atom. The molecule has 0 aliphatic heterocycles. The molecule has 1 aliphatic rings. The zero-order chi connectivity index (χ0) is 18.4. The van der Waals surface area contributed by atoms with Gasteiger partial charge in [0.1, 0.15) is 0 Å². The smallest absolute Gasteiger partial charge is 0.0366 e. The van der Waals surface area contributed by atoms with Gasteiger partial charge in [-0.25, -0.2) is 0 Å². The van der Waals surface area contributed by atoms with E-state index in [2.05, 4.69) is 86.7 Å². The molecule has 0 fully saturated rings. The number of rotatable bonds is 1. The molecule has 0 nitrogen and oxygen atoms in total. The molecule has 0 saturated carbocycles. The van der Waals surface area contributed by atoms with Crippen LogP contribution in [0.4, 0.5) is 0 Å². The largest absolute Gasteiger partial charge is 0.0905 e. The Bertz CT molecular complexity index is 870. The van der Waals surface area contributed by atoms with Gasteiger partial charge in [-0.3, -0.25) is 0 Å². The first-order valence-electron chi connectivity index (χ1n) is 9.51. The van der Waals surface area contributed by atoms with Gasteiger partial charge in [-0.15, -0.1) is 0 Å². The number of fused-ring (bicyclic) bond motifs is 4. The zero-order valence-electron chi connectivity index (χ0n) is 16.4. The van der Waals surface area contributed by atoms with Crippen molar-refractivity contribution in [2.24, 2.45) is 0 Å². The third-order valence-electron chi connectivity index (χ3n) is 4.72. The minimum Gasteiger partial charge on any atom is -0.0905 e. The molecule has 0 amide bonds. The van der Waals surface area contributed by atoms with E-state index in [0.29, 0.717) is 0 Å². The van der Waals surface area contributed by atoms with E-state index in [4.69, 9.17) is 0 Å². The molecule has 0 radical (unpaired) electrons. The van der Waals surface area contributed by atoms with Gasteiger partial charge in [-0.05, 0) is 59.0 Å². The molecule has 0 heterocycles. The van der Waals surface area contributed by atoms with Gasteiger partial charge in [-0.1, -0.05) is 88.4 Å². The topological polar surface area (TPSA) is 0 Å². The number of benzene rings is 3. The number of hydrogen-bond acceptors (Lipinski definition) is 0. The summed E-state index contributed by atoms with van der Waals surface area (Å²) in [6, 6.07) is 22.1. The lowest BCUT2D eigenvalue weighted by atomic mass is 9.79. The SMILES string of the molecule is C/C=C/C1(C)c2ccccc2-c2cc3ccccc3cc21.CC.CC. The predicted octanol–water partition coefficient (Wildman–Crippen LogP) is 7.75. The zero-order valence-corrected chi connectivity index (χ0v) is 16.4. The summed E-state index contributed by atoms with van der Waals surface area (Å²) < 4.78 is 0. The fourth-order valence-electron chi connectivity index (χ4n) is 3.72. The lowest BCUT2D eigenvalue weighted by Crippen LogP contribution is -2.17. The average Bonchev–Trinajstić information content (AvgIpc) is 2.92. The van der Waals surface area contributed by atoms with E-state index in [9.17, 15) is 0 Å². The van der Waals surface area contributed by atoms with Crippen LogP contribution in [0.5, 0.6) is 0 Å². The van der Waals surface area contributed by atoms with Crippen LogP contribution in [-0.2, 0) is 5.41 Å². The third-order valence-corrected chi connectivity index (χ3v) is 4.72. The minimum absolute atomic E-state index is 0.0231. The molecule has 130 valence electrons. The Morgan fingerprint density at radius 3 is 1.88 bits per heavy atom. The monoisotopic (exact) mass is 330 g/mol. The molecule has 3 aromatic carbocycles. The Hall–Kier alpha value is -2.34. The van der Waals surface area contributed by atoms with Crippen molar-refractivity contribution >= 4 is 10.8 Å². The van der Waals surface area contributed by atoms with E-state index in [1.807, 2.05) is 27.7 Å². The molecule has 0 N–H and O–H groups in total. The molecule has 4 rings (SSSR count). The molecule has 25 heavy (non-hydrogen) atoms. The molecular weight excluding hydrogens is 300 g/mol. The fourth-order valence-corrected chi connectivity index (χ4v) is 3.72. The highest BCUT2D eigenvalue weighted by atomic mass is 14.4. The first kappa shape index (κ1) is 19.0. The standard InChI is InChI=1S/C21H18.2C2H6/c1-3-12-21(2)19-11-7-6-10-17(19)18-13-15-8-4-5-9-16(15)14-20(18)21;2*1-2/h3-14H,1-2H3;2*1-2H3/b12-3+;;. The quantitative estimate of drug-likeness (QED) is 0.400. The van der Waals surface area contributed by atoms with Crippen LogP contribution in [0.1, 0.15) is 52.7 Å². The normalized spacial score (nSPS) is 17.2. The van der Waals surface area contributed by atoms with E-state index >= 15 is 0 Å². The maximum atomic E-state index is 2.37. The van der Waals surface area contributed by atoms with E-state index < -0.39 is 0 Å². The second-order valence-corrected chi connectivity index (χ2v) is 5.99. The van der Waals surface area contributed by atoms with E-state index in [1.54, 1.807) is 0 Å². The first-order valence-corrected chi connectivity index (χ1v) is 9.51. The molecule has 0 saturated heterocycles. The van der Waals surface area contributed by atoms with Crippen molar-refractivity contribution in [3.8, 4) is 11.1 Å². The summed E-state index contributed by atoms with van der Waals surface area (Å²) in [6.45, 7) is 12.4. The van der Waals surface area contributed by atoms with Gasteiger partial charge in [0.2, 0.25) is 0 Å². The molecule has 1 atom stereocenters. The van der Waals surface area contributed by atoms with Gasteiger partial charge in [0, 0.05) is 5.41 Å². The summed E-state index contributed by atoms with van der Waals surface area (Å²) in [4.78, 5) is 0. The first-order chi connectivity index (χ1) is 12.2. The Balaban J connectivity index is 0.000000528. The van der Waals surface area contributed by atoms with Crippen molar-refractivity contribution in [2.75, 3.05) is 0 Å². The molecule has 0 heteroatoms. The Kier molecular flexibility index (Phi) is 6.20. The summed E-state index contributed by atoms with van der Waals surface area (Å²) in [5, 5.41) is 2.63. The lowest BCUT2D eigenvalue weighted by Gasteiger charge is -2.23. The summed E-state index contributed by atoms with van der Waals surface area (Å²) in [5.41, 5.74) is 5.56. The molecule has 0 bridgehead atoms. The van der Waals surface area contributed by atoms with Crippen molar-refractivity contribution in [3.05, 3.63) is 83.9 Å². The minimum atomic E-state index is -0.0231. The van der Waals surface area contributed by atoms with Gasteiger partial charge in [0.25, 0.3) is 0 Å². The summed E-state index contributed by atoms with van der Waals surface area (Å²) >= 11 is 0. The van der Waals surface area contributed by atoms with Gasteiger partial charge in [-0.2, -0.15) is 0 Å². The van der Waals surface area contributed by atoms with Crippen LogP contribution in [0.2, 0.25) is 0 Å². The van der Waals surface area contributed by atoms with Crippen LogP contribution in [0.15, 0.2) is 72.8 Å². The third kappa shape index (κ3) is 3.14. The highest BCUT2D eigenvalue weighted by Crippen LogP contribution is 2.50. The van der Waals surface area contributed by atoms with Crippen molar-refractivity contribution in [1.29, 1.82) is 0 Å². The predicted molar refractivity (Wildman–Crippen MR) is 113 cm³/mol. The van der Waals surface area contributed by atoms with Crippen LogP contribution in [-0.4, -0.2) is 0 Å². The average molecular weight is 331 g/mol. The molecular formula is C25H30. The maximum absolute atomic E-state index is 2.37. The van der Waals surface area contributed by atoms with Gasteiger partial charge < -0.3 is 0 Å². The maximum Gasteiger partial charge on any atom is 0.0366 e. The van der Waals surface area contributed by atoms with Gasteiger partial charge >= 0.3 is 0 Å². The molecule has 0 aromatic heterocycles. The number of allylic oxidation sites excluding steroid dienone is 2. The lowest BCUT2D eigenvalue weighted by molar-refractivity contribution is 0.747.